The first-order chi connectivity index (χ1) is 9.13. The van der Waals surface area contributed by atoms with Gasteiger partial charge in [-0.15, -0.1) is 0 Å². The van der Waals surface area contributed by atoms with Crippen molar-refractivity contribution in [2.45, 2.75) is 38.4 Å². The van der Waals surface area contributed by atoms with E-state index in [1.165, 1.54) is 18.9 Å². The molecular formula is C15H20FN3. The van der Waals surface area contributed by atoms with Crippen LogP contribution in [0.2, 0.25) is 0 Å². The van der Waals surface area contributed by atoms with Crippen molar-refractivity contribution in [3.8, 4) is 6.07 Å². The summed E-state index contributed by atoms with van der Waals surface area (Å²) in [5.74, 6) is -0.402. The zero-order valence-corrected chi connectivity index (χ0v) is 11.5. The van der Waals surface area contributed by atoms with Gasteiger partial charge < -0.3 is 5.32 Å². The second-order valence-electron chi connectivity index (χ2n) is 5.27. The maximum Gasteiger partial charge on any atom is 0.145 e. The molecule has 0 aromatic heterocycles. The lowest BCUT2D eigenvalue weighted by atomic mass is 10.1. The molecule has 1 N–H and O–H groups in total. The highest BCUT2D eigenvalue weighted by atomic mass is 19.1. The molecule has 0 aliphatic heterocycles. The van der Waals surface area contributed by atoms with Crippen molar-refractivity contribution in [1.82, 2.24) is 10.2 Å². The Balaban J connectivity index is 1.84. The van der Waals surface area contributed by atoms with Gasteiger partial charge in [0.1, 0.15) is 11.9 Å². The molecule has 0 saturated heterocycles. The largest absolute Gasteiger partial charge is 0.311 e. The number of nitrogens with zero attached hydrogens (tertiary/aromatic N) is 2. The van der Waals surface area contributed by atoms with Crippen molar-refractivity contribution in [3.05, 3.63) is 35.1 Å². The molecule has 1 aliphatic carbocycles. The van der Waals surface area contributed by atoms with Crippen LogP contribution in [0.15, 0.2) is 18.2 Å². The lowest BCUT2D eigenvalue weighted by Crippen LogP contribution is -2.39. The van der Waals surface area contributed by atoms with Crippen LogP contribution in [-0.4, -0.2) is 30.6 Å². The summed E-state index contributed by atoms with van der Waals surface area (Å²) in [5.41, 5.74) is 0.669. The fraction of sp³-hybridized carbons (Fsp3) is 0.533. The topological polar surface area (TPSA) is 39.1 Å². The molecule has 19 heavy (non-hydrogen) atoms. The maximum absolute atomic E-state index is 13.8. The van der Waals surface area contributed by atoms with Crippen LogP contribution in [0.25, 0.3) is 0 Å². The molecule has 2 rings (SSSR count). The van der Waals surface area contributed by atoms with E-state index in [0.29, 0.717) is 18.2 Å². The van der Waals surface area contributed by atoms with E-state index >= 15 is 0 Å². The molecule has 1 aromatic rings. The van der Waals surface area contributed by atoms with Gasteiger partial charge in [0.2, 0.25) is 0 Å². The number of nitrogens with one attached hydrogen (secondary N) is 1. The van der Waals surface area contributed by atoms with Gasteiger partial charge in [-0.3, -0.25) is 4.90 Å². The van der Waals surface area contributed by atoms with E-state index in [0.717, 1.165) is 12.6 Å². The zero-order valence-electron chi connectivity index (χ0n) is 11.5. The summed E-state index contributed by atoms with van der Waals surface area (Å²) in [7, 11) is 2.14. The van der Waals surface area contributed by atoms with Crippen molar-refractivity contribution in [3.63, 3.8) is 0 Å². The van der Waals surface area contributed by atoms with Gasteiger partial charge in [-0.1, -0.05) is 12.1 Å². The molecule has 1 aliphatic rings. The monoisotopic (exact) mass is 261 g/mol. The highest BCUT2D eigenvalue weighted by molar-refractivity contribution is 5.34. The van der Waals surface area contributed by atoms with E-state index < -0.39 is 5.82 Å². The molecule has 1 unspecified atom stereocenters. The Morgan fingerprint density at radius 2 is 2.26 bits per heavy atom. The van der Waals surface area contributed by atoms with Crippen molar-refractivity contribution in [1.29, 1.82) is 5.26 Å². The van der Waals surface area contributed by atoms with E-state index in [9.17, 15) is 4.39 Å². The molecule has 0 radical (unpaired) electrons. The van der Waals surface area contributed by atoms with Crippen molar-refractivity contribution >= 4 is 0 Å². The van der Waals surface area contributed by atoms with Crippen molar-refractivity contribution < 1.29 is 4.39 Å². The molecule has 0 amide bonds. The van der Waals surface area contributed by atoms with Gasteiger partial charge in [0, 0.05) is 30.7 Å². The second kappa shape index (κ2) is 6.14. The highest BCUT2D eigenvalue weighted by Crippen LogP contribution is 2.26. The van der Waals surface area contributed by atoms with E-state index in [-0.39, 0.29) is 5.56 Å². The summed E-state index contributed by atoms with van der Waals surface area (Å²) in [6, 6.07) is 7.98. The Morgan fingerprint density at radius 1 is 1.53 bits per heavy atom. The Hall–Kier alpha value is -1.44. The van der Waals surface area contributed by atoms with Gasteiger partial charge >= 0.3 is 0 Å². The standard InChI is InChI=1S/C15H20FN3/c1-11(19(2)14-6-7-14)9-18-10-13-5-3-4-12(8-17)15(13)16/h3-5,11,14,18H,6-7,9-10H2,1-2H3. The number of halogens is 1. The third-order valence-corrected chi connectivity index (χ3v) is 3.77. The van der Waals surface area contributed by atoms with E-state index in [1.807, 2.05) is 6.07 Å². The van der Waals surface area contributed by atoms with E-state index in [4.69, 9.17) is 5.26 Å². The third-order valence-electron chi connectivity index (χ3n) is 3.77. The molecule has 0 heterocycles. The quantitative estimate of drug-likeness (QED) is 0.854. The van der Waals surface area contributed by atoms with Gasteiger partial charge in [-0.25, -0.2) is 4.39 Å². The van der Waals surface area contributed by atoms with Crippen LogP contribution in [0.3, 0.4) is 0 Å². The van der Waals surface area contributed by atoms with Gasteiger partial charge in [0.15, 0.2) is 0 Å². The predicted molar refractivity (Wildman–Crippen MR) is 73.1 cm³/mol. The van der Waals surface area contributed by atoms with Crippen LogP contribution in [-0.2, 0) is 6.54 Å². The first-order valence-corrected chi connectivity index (χ1v) is 6.73. The maximum atomic E-state index is 13.8. The Morgan fingerprint density at radius 3 is 2.89 bits per heavy atom. The lowest BCUT2D eigenvalue weighted by Gasteiger charge is -2.24. The van der Waals surface area contributed by atoms with Gasteiger partial charge in [0.05, 0.1) is 5.56 Å². The van der Waals surface area contributed by atoms with Crippen LogP contribution >= 0.6 is 0 Å². The highest BCUT2D eigenvalue weighted by Gasteiger charge is 2.28. The smallest absolute Gasteiger partial charge is 0.145 e. The summed E-state index contributed by atoms with van der Waals surface area (Å²) in [6.45, 7) is 3.46. The summed E-state index contributed by atoms with van der Waals surface area (Å²) in [4.78, 5) is 2.37. The van der Waals surface area contributed by atoms with Crippen molar-refractivity contribution in [2.24, 2.45) is 0 Å². The summed E-state index contributed by atoms with van der Waals surface area (Å²) in [5, 5.41) is 12.0. The minimum absolute atomic E-state index is 0.113. The van der Waals surface area contributed by atoms with E-state index in [1.54, 1.807) is 12.1 Å². The van der Waals surface area contributed by atoms with Crippen LogP contribution in [0.4, 0.5) is 4.39 Å². The lowest BCUT2D eigenvalue weighted by molar-refractivity contribution is 0.241. The molecule has 1 atom stereocenters. The fourth-order valence-electron chi connectivity index (χ4n) is 2.20. The molecule has 0 spiro atoms. The van der Waals surface area contributed by atoms with Gasteiger partial charge in [-0.2, -0.15) is 5.26 Å². The average molecular weight is 261 g/mol. The summed E-state index contributed by atoms with van der Waals surface area (Å²) < 4.78 is 13.8. The molecule has 1 aromatic carbocycles. The number of rotatable bonds is 6. The van der Waals surface area contributed by atoms with Crippen LogP contribution in [0.5, 0.6) is 0 Å². The zero-order chi connectivity index (χ0) is 13.8. The minimum atomic E-state index is -0.402. The Kier molecular flexibility index (Phi) is 4.52. The van der Waals surface area contributed by atoms with Crippen LogP contribution < -0.4 is 5.32 Å². The van der Waals surface area contributed by atoms with Crippen molar-refractivity contribution in [2.75, 3.05) is 13.6 Å². The number of benzene rings is 1. The Labute approximate surface area is 114 Å². The second-order valence-corrected chi connectivity index (χ2v) is 5.27. The molecule has 3 nitrogen and oxygen atoms in total. The first kappa shape index (κ1) is 14.0. The summed E-state index contributed by atoms with van der Waals surface area (Å²) in [6.07, 6.45) is 2.58. The van der Waals surface area contributed by atoms with Crippen LogP contribution in [0.1, 0.15) is 30.9 Å². The fourth-order valence-corrected chi connectivity index (χ4v) is 2.20. The average Bonchev–Trinajstić information content (AvgIpc) is 3.24. The van der Waals surface area contributed by atoms with E-state index in [2.05, 4.69) is 24.2 Å². The van der Waals surface area contributed by atoms with Gasteiger partial charge in [-0.05, 0) is 32.9 Å². The molecule has 1 fully saturated rings. The number of nitriles is 1. The molecular weight excluding hydrogens is 241 g/mol. The predicted octanol–water partition coefficient (Wildman–Crippen LogP) is 2.27. The normalized spacial score (nSPS) is 16.4. The molecule has 1 saturated carbocycles. The number of likely N-dealkylation sites (N-methyl/N-ethyl adjacent to an activating group) is 1. The minimum Gasteiger partial charge on any atom is -0.311 e. The third kappa shape index (κ3) is 3.52. The molecule has 0 bridgehead atoms. The number of hydrogen-bond acceptors (Lipinski definition) is 3. The summed E-state index contributed by atoms with van der Waals surface area (Å²) >= 11 is 0. The number of hydrogen-bond donors (Lipinski definition) is 1. The Bertz CT molecular complexity index is 477. The van der Waals surface area contributed by atoms with Gasteiger partial charge in [0.25, 0.3) is 0 Å². The van der Waals surface area contributed by atoms with Crippen LogP contribution in [0, 0.1) is 17.1 Å². The SMILES string of the molecule is CC(CNCc1cccc(C#N)c1F)N(C)C1CC1. The molecule has 4 heteroatoms. The first-order valence-electron chi connectivity index (χ1n) is 6.73. The molecule has 102 valence electrons.